The molecule has 2 aromatic rings. The molecule has 0 aliphatic carbocycles. The molecule has 0 saturated heterocycles. The first-order valence-electron chi connectivity index (χ1n) is 4.67. The van der Waals surface area contributed by atoms with Crippen molar-refractivity contribution in [2.45, 2.75) is 0 Å². The van der Waals surface area contributed by atoms with Gasteiger partial charge in [0, 0.05) is 11.6 Å². The van der Waals surface area contributed by atoms with Crippen LogP contribution >= 0.6 is 12.2 Å². The van der Waals surface area contributed by atoms with Crippen molar-refractivity contribution >= 4 is 12.2 Å². The normalized spacial score (nSPS) is 10.1. The van der Waals surface area contributed by atoms with Crippen LogP contribution in [-0.2, 0) is 0 Å². The summed E-state index contributed by atoms with van der Waals surface area (Å²) >= 11 is 4.91. The van der Waals surface area contributed by atoms with Gasteiger partial charge in [-0.25, -0.2) is 0 Å². The summed E-state index contributed by atoms with van der Waals surface area (Å²) in [4.78, 5) is 16.7. The number of hydrogen-bond donors (Lipinski definition) is 2. The number of ether oxygens (including phenoxy) is 1. The summed E-state index contributed by atoms with van der Waals surface area (Å²) in [5, 5.41) is 0. The Hall–Kier alpha value is -1.88. The minimum absolute atomic E-state index is 0.221. The van der Waals surface area contributed by atoms with Gasteiger partial charge in [0.05, 0.1) is 12.8 Å². The van der Waals surface area contributed by atoms with E-state index >= 15 is 0 Å². The van der Waals surface area contributed by atoms with Crippen LogP contribution in [-0.4, -0.2) is 17.1 Å². The summed E-state index contributed by atoms with van der Waals surface area (Å²) in [6.45, 7) is 0. The number of H-pyrrole nitrogens is 2. The molecule has 0 bridgehead atoms. The molecular weight excluding hydrogens is 224 g/mol. The van der Waals surface area contributed by atoms with E-state index in [1.54, 1.807) is 7.11 Å². The van der Waals surface area contributed by atoms with E-state index in [2.05, 4.69) is 9.97 Å². The summed E-state index contributed by atoms with van der Waals surface area (Å²) in [6.07, 6.45) is 0. The summed E-state index contributed by atoms with van der Waals surface area (Å²) in [5.41, 5.74) is 1.31. The highest BCUT2D eigenvalue weighted by atomic mass is 32.1. The van der Waals surface area contributed by atoms with Crippen molar-refractivity contribution in [2.75, 3.05) is 7.11 Å². The molecule has 0 fully saturated rings. The maximum atomic E-state index is 11.3. The van der Waals surface area contributed by atoms with E-state index in [4.69, 9.17) is 17.0 Å². The van der Waals surface area contributed by atoms with E-state index in [0.717, 1.165) is 11.3 Å². The number of hydrogen-bond acceptors (Lipinski definition) is 3. The zero-order valence-corrected chi connectivity index (χ0v) is 9.43. The molecule has 4 nitrogen and oxygen atoms in total. The minimum atomic E-state index is -0.221. The SMILES string of the molecule is COc1cccc(-c2cc(=O)[nH]c(=S)[nH]2)c1. The summed E-state index contributed by atoms with van der Waals surface area (Å²) < 4.78 is 5.42. The monoisotopic (exact) mass is 234 g/mol. The van der Waals surface area contributed by atoms with Gasteiger partial charge in [-0.15, -0.1) is 0 Å². The lowest BCUT2D eigenvalue weighted by Gasteiger charge is -2.04. The summed E-state index contributed by atoms with van der Waals surface area (Å²) in [5.74, 6) is 0.733. The second kappa shape index (κ2) is 4.32. The van der Waals surface area contributed by atoms with Gasteiger partial charge in [-0.1, -0.05) is 12.1 Å². The van der Waals surface area contributed by atoms with Crippen LogP contribution in [0.2, 0.25) is 0 Å². The van der Waals surface area contributed by atoms with E-state index in [1.807, 2.05) is 24.3 Å². The van der Waals surface area contributed by atoms with Crippen LogP contribution in [0.5, 0.6) is 5.75 Å². The fraction of sp³-hybridized carbons (Fsp3) is 0.0909. The summed E-state index contributed by atoms with van der Waals surface area (Å²) in [7, 11) is 1.60. The van der Waals surface area contributed by atoms with E-state index in [-0.39, 0.29) is 5.56 Å². The van der Waals surface area contributed by atoms with Gasteiger partial charge in [-0.3, -0.25) is 9.78 Å². The van der Waals surface area contributed by atoms with Gasteiger partial charge < -0.3 is 9.72 Å². The van der Waals surface area contributed by atoms with Gasteiger partial charge in [-0.05, 0) is 24.4 Å². The molecule has 0 aliphatic rings. The maximum absolute atomic E-state index is 11.3. The fourth-order valence-electron chi connectivity index (χ4n) is 1.41. The molecule has 1 aromatic heterocycles. The molecule has 1 heterocycles. The molecule has 0 saturated carbocycles. The predicted molar refractivity (Wildman–Crippen MR) is 64.2 cm³/mol. The molecule has 82 valence electrons. The van der Waals surface area contributed by atoms with Crippen LogP contribution in [0.4, 0.5) is 0 Å². The van der Waals surface area contributed by atoms with Crippen molar-refractivity contribution in [1.29, 1.82) is 0 Å². The van der Waals surface area contributed by atoms with Crippen molar-refractivity contribution in [1.82, 2.24) is 9.97 Å². The molecule has 0 radical (unpaired) electrons. The standard InChI is InChI=1S/C11H10N2O2S/c1-15-8-4-2-3-7(5-8)9-6-10(14)13-11(16)12-9/h2-6H,1H3,(H2,12,13,14,16). The molecule has 0 aliphatic heterocycles. The largest absolute Gasteiger partial charge is 0.497 e. The lowest BCUT2D eigenvalue weighted by Crippen LogP contribution is -2.06. The lowest BCUT2D eigenvalue weighted by atomic mass is 10.1. The van der Waals surface area contributed by atoms with Crippen LogP contribution in [0, 0.1) is 4.77 Å². The van der Waals surface area contributed by atoms with Crippen LogP contribution in [0.25, 0.3) is 11.3 Å². The average Bonchev–Trinajstić information content (AvgIpc) is 2.28. The van der Waals surface area contributed by atoms with Crippen LogP contribution in [0.3, 0.4) is 0 Å². The molecule has 16 heavy (non-hydrogen) atoms. The second-order valence-corrected chi connectivity index (χ2v) is 3.64. The Morgan fingerprint density at radius 2 is 2.06 bits per heavy atom. The molecule has 0 atom stereocenters. The fourth-order valence-corrected chi connectivity index (χ4v) is 1.63. The van der Waals surface area contributed by atoms with Crippen molar-refractivity contribution in [3.05, 3.63) is 45.5 Å². The zero-order chi connectivity index (χ0) is 11.5. The first kappa shape index (κ1) is 10.6. The Labute approximate surface area is 96.9 Å². The number of methoxy groups -OCH3 is 1. The van der Waals surface area contributed by atoms with Crippen molar-refractivity contribution in [2.24, 2.45) is 0 Å². The molecular formula is C11H10N2O2S. The third-order valence-corrected chi connectivity index (χ3v) is 2.35. The molecule has 0 amide bonds. The van der Waals surface area contributed by atoms with E-state index in [0.29, 0.717) is 10.5 Å². The molecule has 2 rings (SSSR count). The van der Waals surface area contributed by atoms with Gasteiger partial charge in [-0.2, -0.15) is 0 Å². The quantitative estimate of drug-likeness (QED) is 0.782. The number of aromatic nitrogens is 2. The second-order valence-electron chi connectivity index (χ2n) is 3.23. The first-order valence-corrected chi connectivity index (χ1v) is 5.08. The highest BCUT2D eigenvalue weighted by Gasteiger charge is 2.00. The number of nitrogens with one attached hydrogen (secondary N) is 2. The van der Waals surface area contributed by atoms with Gasteiger partial charge in [0.1, 0.15) is 5.75 Å². The van der Waals surface area contributed by atoms with Gasteiger partial charge in [0.25, 0.3) is 5.56 Å². The number of rotatable bonds is 2. The van der Waals surface area contributed by atoms with Crippen molar-refractivity contribution < 1.29 is 4.74 Å². The highest BCUT2D eigenvalue weighted by Crippen LogP contribution is 2.20. The van der Waals surface area contributed by atoms with E-state index < -0.39 is 0 Å². The van der Waals surface area contributed by atoms with E-state index in [9.17, 15) is 4.79 Å². The first-order chi connectivity index (χ1) is 7.69. The Bertz CT molecular complexity index is 587. The van der Waals surface area contributed by atoms with Crippen LogP contribution in [0.1, 0.15) is 0 Å². The third kappa shape index (κ3) is 2.20. The van der Waals surface area contributed by atoms with Crippen LogP contribution in [0.15, 0.2) is 35.1 Å². The van der Waals surface area contributed by atoms with E-state index in [1.165, 1.54) is 6.07 Å². The molecule has 5 heteroatoms. The summed E-state index contributed by atoms with van der Waals surface area (Å²) in [6, 6.07) is 8.87. The third-order valence-electron chi connectivity index (χ3n) is 2.14. The number of aromatic amines is 2. The van der Waals surface area contributed by atoms with Crippen molar-refractivity contribution in [3.8, 4) is 17.0 Å². The van der Waals surface area contributed by atoms with Crippen molar-refractivity contribution in [3.63, 3.8) is 0 Å². The van der Waals surface area contributed by atoms with Gasteiger partial charge in [0.2, 0.25) is 0 Å². The van der Waals surface area contributed by atoms with Gasteiger partial charge >= 0.3 is 0 Å². The molecule has 0 spiro atoms. The Morgan fingerprint density at radius 1 is 1.25 bits per heavy atom. The predicted octanol–water partition coefficient (Wildman–Crippen LogP) is 2.11. The smallest absolute Gasteiger partial charge is 0.252 e. The maximum Gasteiger partial charge on any atom is 0.252 e. The Balaban J connectivity index is 2.58. The average molecular weight is 234 g/mol. The highest BCUT2D eigenvalue weighted by molar-refractivity contribution is 7.71. The Morgan fingerprint density at radius 3 is 2.75 bits per heavy atom. The minimum Gasteiger partial charge on any atom is -0.497 e. The van der Waals surface area contributed by atoms with Crippen LogP contribution < -0.4 is 10.3 Å². The Kier molecular flexibility index (Phi) is 2.87. The molecule has 1 aromatic carbocycles. The number of benzene rings is 1. The lowest BCUT2D eigenvalue weighted by molar-refractivity contribution is 0.415. The topological polar surface area (TPSA) is 57.9 Å². The van der Waals surface area contributed by atoms with Gasteiger partial charge in [0.15, 0.2) is 4.77 Å². The zero-order valence-electron chi connectivity index (χ0n) is 8.61. The molecule has 2 N–H and O–H groups in total. The molecule has 0 unspecified atom stereocenters.